The second kappa shape index (κ2) is 13.5. The number of anilines is 2. The molecule has 8 nitrogen and oxygen atoms in total. The molecule has 1 aliphatic heterocycles. The monoisotopic (exact) mass is 608 g/mol. The number of aliphatic imine (C=N–C) groups is 1. The number of hydrogen-bond acceptors (Lipinski definition) is 6. The molecule has 220 valence electrons. The minimum absolute atomic E-state index is 0.0109. The van der Waals surface area contributed by atoms with Crippen LogP contribution in [-0.2, 0) is 9.59 Å². The van der Waals surface area contributed by atoms with E-state index in [1.165, 1.54) is 28.8 Å². The molecule has 42 heavy (non-hydrogen) atoms. The molecule has 4 rings (SSSR count). The standard InChI is InChI=1S/C31H34ClFN6O2S/c1-7-26(41)37-14-15-38(20(4)17-37)29(34-5)23-16-25(33)27(22-10-8-9-11-24(22)32)36-30(23)39(18-40)28-21(19(2)3)12-13-35-31(28)42-6/h7-13,16,18-20H,1,14-15,17H2,2-6H3. The molecule has 2 aromatic heterocycles. The van der Waals surface area contributed by atoms with Crippen molar-refractivity contribution in [3.63, 3.8) is 0 Å². The van der Waals surface area contributed by atoms with Crippen molar-refractivity contribution in [2.24, 2.45) is 4.99 Å². The summed E-state index contributed by atoms with van der Waals surface area (Å²) in [6.45, 7) is 10.9. The molecule has 1 atom stereocenters. The van der Waals surface area contributed by atoms with Crippen LogP contribution in [0.4, 0.5) is 15.9 Å². The third-order valence-corrected chi connectivity index (χ3v) is 8.25. The zero-order chi connectivity index (χ0) is 30.6. The zero-order valence-corrected chi connectivity index (χ0v) is 25.9. The van der Waals surface area contributed by atoms with Gasteiger partial charge < -0.3 is 9.80 Å². The van der Waals surface area contributed by atoms with Crippen LogP contribution >= 0.6 is 23.4 Å². The molecule has 2 amide bonds. The average Bonchev–Trinajstić information content (AvgIpc) is 2.99. The predicted molar refractivity (Wildman–Crippen MR) is 168 cm³/mol. The highest BCUT2D eigenvalue weighted by Gasteiger charge is 2.33. The number of hydrogen-bond donors (Lipinski definition) is 0. The Kier molecular flexibility index (Phi) is 10.0. The van der Waals surface area contributed by atoms with Gasteiger partial charge in [-0.05, 0) is 48.9 Å². The fraction of sp³-hybridized carbons (Fsp3) is 0.323. The predicted octanol–water partition coefficient (Wildman–Crippen LogP) is 6.17. The fourth-order valence-corrected chi connectivity index (χ4v) is 5.99. The molecule has 1 unspecified atom stereocenters. The molecule has 0 bridgehead atoms. The lowest BCUT2D eigenvalue weighted by atomic mass is 10.0. The van der Waals surface area contributed by atoms with Crippen molar-refractivity contribution in [2.75, 3.05) is 37.8 Å². The van der Waals surface area contributed by atoms with E-state index < -0.39 is 5.82 Å². The molecule has 3 heterocycles. The Bertz CT molecular complexity index is 1530. The first kappa shape index (κ1) is 31.2. The smallest absolute Gasteiger partial charge is 0.246 e. The normalized spacial score (nSPS) is 15.6. The molecule has 0 N–H and O–H groups in total. The summed E-state index contributed by atoms with van der Waals surface area (Å²) in [5.41, 5.74) is 2.20. The van der Waals surface area contributed by atoms with E-state index in [1.807, 2.05) is 38.0 Å². The lowest BCUT2D eigenvalue weighted by Crippen LogP contribution is -2.55. The number of pyridine rings is 2. The maximum Gasteiger partial charge on any atom is 0.246 e. The van der Waals surface area contributed by atoms with Gasteiger partial charge in [-0.1, -0.05) is 50.2 Å². The molecule has 1 saturated heterocycles. The van der Waals surface area contributed by atoms with Gasteiger partial charge in [-0.25, -0.2) is 14.4 Å². The van der Waals surface area contributed by atoms with Gasteiger partial charge in [-0.2, -0.15) is 0 Å². The third-order valence-electron chi connectivity index (χ3n) is 7.24. The van der Waals surface area contributed by atoms with Crippen LogP contribution in [0.5, 0.6) is 0 Å². The summed E-state index contributed by atoms with van der Waals surface area (Å²) in [5.74, 6) is -0.0549. The molecular formula is C31H34ClFN6O2S. The number of piperazine rings is 1. The SMILES string of the molecule is C=CC(=O)N1CCN(C(=NC)c2cc(F)c(-c3ccccc3Cl)nc2N(C=O)c2c(C(C)C)ccnc2SC)C(C)C1. The van der Waals surface area contributed by atoms with Gasteiger partial charge in [0, 0.05) is 44.5 Å². The highest BCUT2D eigenvalue weighted by atomic mass is 35.5. The number of carbonyl (C=O) groups is 2. The first-order chi connectivity index (χ1) is 20.2. The lowest BCUT2D eigenvalue weighted by Gasteiger charge is -2.41. The van der Waals surface area contributed by atoms with Gasteiger partial charge >= 0.3 is 0 Å². The van der Waals surface area contributed by atoms with Crippen LogP contribution in [-0.4, -0.2) is 76.9 Å². The largest absolute Gasteiger partial charge is 0.350 e. The van der Waals surface area contributed by atoms with E-state index in [0.29, 0.717) is 58.7 Å². The molecule has 0 aliphatic carbocycles. The summed E-state index contributed by atoms with van der Waals surface area (Å²) in [6.07, 6.45) is 5.58. The Labute approximate surface area is 255 Å². The number of halogens is 2. The summed E-state index contributed by atoms with van der Waals surface area (Å²) < 4.78 is 16.0. The highest BCUT2D eigenvalue weighted by molar-refractivity contribution is 7.98. The van der Waals surface area contributed by atoms with Crippen molar-refractivity contribution in [3.8, 4) is 11.3 Å². The number of amides is 2. The van der Waals surface area contributed by atoms with Crippen LogP contribution in [0.25, 0.3) is 11.3 Å². The minimum Gasteiger partial charge on any atom is -0.350 e. The van der Waals surface area contributed by atoms with Crippen molar-refractivity contribution < 1.29 is 14.0 Å². The summed E-state index contributed by atoms with van der Waals surface area (Å²) >= 11 is 7.88. The van der Waals surface area contributed by atoms with Crippen molar-refractivity contribution >= 4 is 53.0 Å². The Morgan fingerprint density at radius 3 is 2.62 bits per heavy atom. The van der Waals surface area contributed by atoms with E-state index in [1.54, 1.807) is 42.4 Å². The highest BCUT2D eigenvalue weighted by Crippen LogP contribution is 2.40. The van der Waals surface area contributed by atoms with Crippen LogP contribution in [0.15, 0.2) is 65.3 Å². The minimum atomic E-state index is -0.609. The topological polar surface area (TPSA) is 82.0 Å². The number of carbonyl (C=O) groups excluding carboxylic acids is 2. The summed E-state index contributed by atoms with van der Waals surface area (Å²) in [7, 11) is 1.62. The van der Waals surface area contributed by atoms with Gasteiger partial charge in [-0.15, -0.1) is 11.8 Å². The van der Waals surface area contributed by atoms with Crippen molar-refractivity contribution in [1.29, 1.82) is 0 Å². The quantitative estimate of drug-likeness (QED) is 0.1000. The van der Waals surface area contributed by atoms with Crippen molar-refractivity contribution in [3.05, 3.63) is 77.2 Å². The zero-order valence-electron chi connectivity index (χ0n) is 24.3. The second-order valence-electron chi connectivity index (χ2n) is 10.1. The van der Waals surface area contributed by atoms with Gasteiger partial charge in [0.1, 0.15) is 22.4 Å². The van der Waals surface area contributed by atoms with E-state index in [-0.39, 0.29) is 29.4 Å². The Morgan fingerprint density at radius 2 is 2.02 bits per heavy atom. The number of benzene rings is 1. The molecule has 0 spiro atoms. The Morgan fingerprint density at radius 1 is 1.29 bits per heavy atom. The maximum absolute atomic E-state index is 16.0. The van der Waals surface area contributed by atoms with Crippen LogP contribution in [0.1, 0.15) is 37.8 Å². The molecule has 11 heteroatoms. The fourth-order valence-electron chi connectivity index (χ4n) is 5.19. The summed E-state index contributed by atoms with van der Waals surface area (Å²) in [6, 6.07) is 9.94. The second-order valence-corrected chi connectivity index (χ2v) is 11.3. The van der Waals surface area contributed by atoms with Crippen LogP contribution in [0, 0.1) is 5.82 Å². The van der Waals surface area contributed by atoms with Crippen LogP contribution in [0.3, 0.4) is 0 Å². The molecule has 1 fully saturated rings. The number of rotatable bonds is 8. The van der Waals surface area contributed by atoms with Crippen molar-refractivity contribution in [2.45, 2.75) is 37.8 Å². The van der Waals surface area contributed by atoms with E-state index >= 15 is 4.39 Å². The van der Waals surface area contributed by atoms with Gasteiger partial charge in [0.2, 0.25) is 12.3 Å². The molecule has 0 radical (unpaired) electrons. The third kappa shape index (κ3) is 6.05. The van der Waals surface area contributed by atoms with Gasteiger partial charge in [0.15, 0.2) is 5.82 Å². The number of amidine groups is 1. The maximum atomic E-state index is 16.0. The number of nitrogens with zero attached hydrogens (tertiary/aromatic N) is 6. The Hall–Kier alpha value is -3.76. The molecule has 0 saturated carbocycles. The molecule has 1 aromatic carbocycles. The average molecular weight is 609 g/mol. The first-order valence-electron chi connectivity index (χ1n) is 13.5. The van der Waals surface area contributed by atoms with Crippen LogP contribution < -0.4 is 4.90 Å². The summed E-state index contributed by atoms with van der Waals surface area (Å²) in [4.78, 5) is 44.4. The number of thioether (sulfide) groups is 1. The van der Waals surface area contributed by atoms with E-state index in [2.05, 4.69) is 16.6 Å². The van der Waals surface area contributed by atoms with E-state index in [4.69, 9.17) is 16.6 Å². The number of aromatic nitrogens is 2. The van der Waals surface area contributed by atoms with E-state index in [9.17, 15) is 9.59 Å². The van der Waals surface area contributed by atoms with Gasteiger partial charge in [-0.3, -0.25) is 19.5 Å². The van der Waals surface area contributed by atoms with Gasteiger partial charge in [0.05, 0.1) is 16.3 Å². The van der Waals surface area contributed by atoms with Gasteiger partial charge in [0.25, 0.3) is 0 Å². The summed E-state index contributed by atoms with van der Waals surface area (Å²) in [5, 5.41) is 0.958. The lowest BCUT2D eigenvalue weighted by molar-refractivity contribution is -0.128. The molecular weight excluding hydrogens is 575 g/mol. The van der Waals surface area contributed by atoms with E-state index in [0.717, 1.165) is 5.56 Å². The van der Waals surface area contributed by atoms with Crippen molar-refractivity contribution in [1.82, 2.24) is 19.8 Å². The first-order valence-corrected chi connectivity index (χ1v) is 15.1. The van der Waals surface area contributed by atoms with Crippen LogP contribution in [0.2, 0.25) is 5.02 Å². The Balaban J connectivity index is 1.97. The molecule has 1 aliphatic rings. The molecule has 3 aromatic rings.